The zero-order valence-corrected chi connectivity index (χ0v) is 20.1. The average molecular weight is 472 g/mol. The molecule has 0 aliphatic heterocycles. The Hall–Kier alpha value is -4.39. The van der Waals surface area contributed by atoms with Crippen molar-refractivity contribution in [2.75, 3.05) is 23.8 Å². The maximum absolute atomic E-state index is 13.1. The highest BCUT2D eigenvalue weighted by atomic mass is 16.5. The number of nitrogens with one attached hydrogen (secondary N) is 3. The number of hydrogen-bond donors (Lipinski definition) is 3. The van der Waals surface area contributed by atoms with Crippen molar-refractivity contribution in [3.05, 3.63) is 95.1 Å². The summed E-state index contributed by atoms with van der Waals surface area (Å²) in [5.74, 6) is -0.771. The molecule has 0 unspecified atom stereocenters. The minimum atomic E-state index is -0.532. The molecule has 3 aromatic rings. The summed E-state index contributed by atoms with van der Waals surface area (Å²) in [7, 11) is 0. The third kappa shape index (κ3) is 7.85. The fourth-order valence-corrected chi connectivity index (χ4v) is 3.13. The summed E-state index contributed by atoms with van der Waals surface area (Å²) in [6.45, 7) is 6.18. The number of hydrogen-bond acceptors (Lipinski definition) is 4. The molecule has 0 radical (unpaired) electrons. The molecule has 180 valence electrons. The number of ether oxygens (including phenoxy) is 1. The number of rotatable bonds is 9. The van der Waals surface area contributed by atoms with Gasteiger partial charge < -0.3 is 20.7 Å². The lowest BCUT2D eigenvalue weighted by atomic mass is 10.1. The molecule has 3 aromatic carbocycles. The number of carbonyl (C=O) groups excluding carboxylic acids is 3. The van der Waals surface area contributed by atoms with Crippen LogP contribution in [0.4, 0.5) is 11.4 Å². The van der Waals surface area contributed by atoms with E-state index in [4.69, 9.17) is 4.74 Å². The second-order valence-corrected chi connectivity index (χ2v) is 8.01. The van der Waals surface area contributed by atoms with E-state index in [1.807, 2.05) is 45.0 Å². The van der Waals surface area contributed by atoms with Gasteiger partial charge in [-0.2, -0.15) is 0 Å². The van der Waals surface area contributed by atoms with E-state index in [9.17, 15) is 14.4 Å². The summed E-state index contributed by atoms with van der Waals surface area (Å²) in [4.78, 5) is 37.8. The van der Waals surface area contributed by atoms with Crippen LogP contribution in [0.15, 0.2) is 78.4 Å². The van der Waals surface area contributed by atoms with Gasteiger partial charge in [0.15, 0.2) is 6.61 Å². The first-order valence-corrected chi connectivity index (χ1v) is 11.3. The lowest BCUT2D eigenvalue weighted by Gasteiger charge is -2.11. The van der Waals surface area contributed by atoms with Crippen LogP contribution in [0.25, 0.3) is 6.08 Å². The summed E-state index contributed by atoms with van der Waals surface area (Å²) in [6.07, 6.45) is 1.51. The lowest BCUT2D eigenvalue weighted by Crippen LogP contribution is -2.28. The Morgan fingerprint density at radius 2 is 1.23 bits per heavy atom. The zero-order chi connectivity index (χ0) is 25.2. The van der Waals surface area contributed by atoms with Crippen LogP contribution >= 0.6 is 0 Å². The summed E-state index contributed by atoms with van der Waals surface area (Å²) in [5.41, 5.74) is 3.87. The van der Waals surface area contributed by atoms with Crippen molar-refractivity contribution in [1.82, 2.24) is 5.32 Å². The second kappa shape index (κ2) is 12.2. The molecule has 0 bridgehead atoms. The molecule has 3 N–H and O–H groups in total. The highest BCUT2D eigenvalue weighted by Gasteiger charge is 2.19. The zero-order valence-electron chi connectivity index (χ0n) is 20.1. The highest BCUT2D eigenvalue weighted by Crippen LogP contribution is 2.18. The minimum Gasteiger partial charge on any atom is -0.484 e. The first-order valence-electron chi connectivity index (χ1n) is 11.3. The van der Waals surface area contributed by atoms with Crippen molar-refractivity contribution in [3.63, 3.8) is 0 Å². The Bertz CT molecular complexity index is 1140. The largest absolute Gasteiger partial charge is 0.484 e. The number of anilines is 2. The maximum Gasteiger partial charge on any atom is 0.261 e. The van der Waals surface area contributed by atoms with Gasteiger partial charge in [-0.15, -0.1) is 0 Å². The summed E-state index contributed by atoms with van der Waals surface area (Å²) < 4.78 is 5.46. The van der Waals surface area contributed by atoms with Crippen molar-refractivity contribution >= 4 is 35.2 Å². The highest BCUT2D eigenvalue weighted by molar-refractivity contribution is 6.28. The van der Waals surface area contributed by atoms with Gasteiger partial charge >= 0.3 is 0 Å². The van der Waals surface area contributed by atoms with Gasteiger partial charge in [-0.05, 0) is 68.8 Å². The van der Waals surface area contributed by atoms with Gasteiger partial charge in [-0.1, -0.05) is 47.5 Å². The van der Waals surface area contributed by atoms with Crippen molar-refractivity contribution < 1.29 is 19.1 Å². The topological polar surface area (TPSA) is 96.5 Å². The van der Waals surface area contributed by atoms with E-state index in [0.29, 0.717) is 29.2 Å². The number of aryl methyl sites for hydroxylation is 2. The third-order valence-corrected chi connectivity index (χ3v) is 5.04. The van der Waals surface area contributed by atoms with Crippen molar-refractivity contribution in [1.29, 1.82) is 0 Å². The van der Waals surface area contributed by atoms with Crippen LogP contribution < -0.4 is 20.7 Å². The first kappa shape index (κ1) is 25.2. The lowest BCUT2D eigenvalue weighted by molar-refractivity contribution is -0.123. The predicted octanol–water partition coefficient (Wildman–Crippen LogP) is 4.48. The van der Waals surface area contributed by atoms with E-state index < -0.39 is 11.8 Å². The van der Waals surface area contributed by atoms with E-state index >= 15 is 0 Å². The van der Waals surface area contributed by atoms with Crippen LogP contribution in [0.2, 0.25) is 0 Å². The molecule has 3 amide bonds. The molecular formula is C28H29N3O4. The molecular weight excluding hydrogens is 442 g/mol. The quantitative estimate of drug-likeness (QED) is 0.244. The fraction of sp³-hybridized carbons (Fsp3) is 0.179. The molecule has 0 saturated heterocycles. The number of likely N-dealkylation sites (N-methyl/N-ethyl adjacent to an activating group) is 1. The van der Waals surface area contributed by atoms with E-state index in [-0.39, 0.29) is 18.1 Å². The predicted molar refractivity (Wildman–Crippen MR) is 138 cm³/mol. The molecule has 0 saturated carbocycles. The summed E-state index contributed by atoms with van der Waals surface area (Å²) in [6, 6.07) is 21.4. The van der Waals surface area contributed by atoms with Crippen LogP contribution in [0.1, 0.15) is 23.6 Å². The van der Waals surface area contributed by atoms with Crippen LogP contribution in [-0.4, -0.2) is 30.9 Å². The Labute approximate surface area is 205 Å². The molecule has 7 nitrogen and oxygen atoms in total. The molecule has 0 heterocycles. The summed E-state index contributed by atoms with van der Waals surface area (Å²) in [5, 5.41) is 8.23. The van der Waals surface area contributed by atoms with E-state index in [1.165, 1.54) is 6.08 Å². The number of amides is 3. The van der Waals surface area contributed by atoms with Crippen molar-refractivity contribution in [2.24, 2.45) is 0 Å². The van der Waals surface area contributed by atoms with Gasteiger partial charge in [0.25, 0.3) is 17.7 Å². The van der Waals surface area contributed by atoms with E-state index in [1.54, 1.807) is 48.5 Å². The van der Waals surface area contributed by atoms with Crippen LogP contribution in [0, 0.1) is 13.8 Å². The molecule has 0 aliphatic rings. The Morgan fingerprint density at radius 3 is 1.69 bits per heavy atom. The number of carbonyl (C=O) groups is 3. The molecule has 0 spiro atoms. The molecule has 0 fully saturated rings. The maximum atomic E-state index is 13.1. The Balaban J connectivity index is 1.81. The third-order valence-electron chi connectivity index (χ3n) is 5.04. The monoisotopic (exact) mass is 471 g/mol. The van der Waals surface area contributed by atoms with Crippen molar-refractivity contribution in [3.8, 4) is 5.75 Å². The van der Waals surface area contributed by atoms with Gasteiger partial charge in [-0.3, -0.25) is 14.4 Å². The van der Waals surface area contributed by atoms with Gasteiger partial charge in [0.2, 0.25) is 0 Å². The second-order valence-electron chi connectivity index (χ2n) is 8.01. The Kier molecular flexibility index (Phi) is 8.78. The molecule has 7 heteroatoms. The average Bonchev–Trinajstić information content (AvgIpc) is 2.85. The standard InChI is InChI=1S/C28H29N3O4/c1-4-29-26(32)18-35-24-15-9-21(10-16-24)17-25(27(33)30-22-11-5-19(2)6-12-22)28(34)31-23-13-7-20(3)8-14-23/h5-17H,4,18H2,1-3H3,(H,29,32)(H,30,33)(H,31,34). The van der Waals surface area contributed by atoms with E-state index in [0.717, 1.165) is 11.1 Å². The molecule has 3 rings (SSSR count). The molecule has 0 aliphatic carbocycles. The fourth-order valence-electron chi connectivity index (χ4n) is 3.13. The Morgan fingerprint density at radius 1 is 0.743 bits per heavy atom. The normalized spacial score (nSPS) is 10.1. The molecule has 0 atom stereocenters. The SMILES string of the molecule is CCNC(=O)COc1ccc(C=C(C(=O)Nc2ccc(C)cc2)C(=O)Nc2ccc(C)cc2)cc1. The van der Waals surface area contributed by atoms with Crippen LogP contribution in [0.3, 0.4) is 0 Å². The van der Waals surface area contributed by atoms with Gasteiger partial charge in [0.1, 0.15) is 11.3 Å². The summed E-state index contributed by atoms with van der Waals surface area (Å²) >= 11 is 0. The van der Waals surface area contributed by atoms with Gasteiger partial charge in [0, 0.05) is 17.9 Å². The molecule has 35 heavy (non-hydrogen) atoms. The van der Waals surface area contributed by atoms with Crippen LogP contribution in [-0.2, 0) is 14.4 Å². The van der Waals surface area contributed by atoms with Crippen LogP contribution in [0.5, 0.6) is 5.75 Å². The molecule has 0 aromatic heterocycles. The van der Waals surface area contributed by atoms with Gasteiger partial charge in [-0.25, -0.2) is 0 Å². The number of benzene rings is 3. The smallest absolute Gasteiger partial charge is 0.261 e. The van der Waals surface area contributed by atoms with E-state index in [2.05, 4.69) is 16.0 Å². The van der Waals surface area contributed by atoms with Crippen molar-refractivity contribution in [2.45, 2.75) is 20.8 Å². The minimum absolute atomic E-state index is 0.0536. The first-order chi connectivity index (χ1) is 16.8. The van der Waals surface area contributed by atoms with Gasteiger partial charge in [0.05, 0.1) is 0 Å².